The lowest BCUT2D eigenvalue weighted by Crippen LogP contribution is -1.86. The van der Waals surface area contributed by atoms with E-state index in [1.807, 2.05) is 30.3 Å². The van der Waals surface area contributed by atoms with Crippen LogP contribution in [0.5, 0.6) is 0 Å². The Morgan fingerprint density at radius 2 is 1.29 bits per heavy atom. The molecule has 4 nitrogen and oxygen atoms in total. The molecule has 0 unspecified atom stereocenters. The molecule has 0 spiro atoms. The van der Waals surface area contributed by atoms with Crippen molar-refractivity contribution in [3.63, 3.8) is 0 Å². The van der Waals surface area contributed by atoms with E-state index in [0.717, 1.165) is 33.5 Å². The maximum Gasteiger partial charge on any atom is 0.135 e. The van der Waals surface area contributed by atoms with Gasteiger partial charge in [-0.25, -0.2) is 0 Å². The van der Waals surface area contributed by atoms with Crippen molar-refractivity contribution in [1.29, 1.82) is 10.5 Å². The molecule has 0 aliphatic carbocycles. The summed E-state index contributed by atoms with van der Waals surface area (Å²) in [6, 6.07) is 19.0. The first-order valence-corrected chi connectivity index (χ1v) is 7.60. The monoisotopic (exact) mass is 312 g/mol. The first-order chi connectivity index (χ1) is 11.7. The van der Waals surface area contributed by atoms with Crippen molar-refractivity contribution in [3.05, 3.63) is 71.2 Å². The van der Waals surface area contributed by atoms with E-state index in [0.29, 0.717) is 24.0 Å². The summed E-state index contributed by atoms with van der Waals surface area (Å²) >= 11 is 0. The topological polar surface area (TPSA) is 73.9 Å². The lowest BCUT2D eigenvalue weighted by molar-refractivity contribution is 0.510. The van der Waals surface area contributed by atoms with E-state index in [1.54, 1.807) is 18.2 Å². The molecule has 2 aromatic heterocycles. The summed E-state index contributed by atoms with van der Waals surface area (Å²) in [6.07, 6.45) is 1.42. The predicted octanol–water partition coefficient (Wildman–Crippen LogP) is 4.71. The first kappa shape index (κ1) is 14.1. The third kappa shape index (κ3) is 2.51. The predicted molar refractivity (Wildman–Crippen MR) is 89.3 cm³/mol. The minimum Gasteiger partial charge on any atom is -0.461 e. The van der Waals surface area contributed by atoms with Crippen molar-refractivity contribution in [2.24, 2.45) is 0 Å². The van der Waals surface area contributed by atoms with Crippen LogP contribution < -0.4 is 0 Å². The van der Waals surface area contributed by atoms with Gasteiger partial charge in [0, 0.05) is 23.6 Å². The lowest BCUT2D eigenvalue weighted by Gasteiger charge is -1.93. The molecule has 0 atom stereocenters. The Kier molecular flexibility index (Phi) is 3.30. The van der Waals surface area contributed by atoms with Crippen LogP contribution in [0.4, 0.5) is 0 Å². The van der Waals surface area contributed by atoms with Gasteiger partial charge in [-0.3, -0.25) is 0 Å². The van der Waals surface area contributed by atoms with Crippen LogP contribution in [0.1, 0.15) is 22.6 Å². The van der Waals surface area contributed by atoms with Crippen molar-refractivity contribution in [2.75, 3.05) is 0 Å². The number of fused-ring (bicyclic) bond motifs is 2. The fourth-order valence-electron chi connectivity index (χ4n) is 2.82. The van der Waals surface area contributed by atoms with Crippen LogP contribution in [0.15, 0.2) is 57.4 Å². The van der Waals surface area contributed by atoms with Crippen LogP contribution in [-0.2, 0) is 12.8 Å². The summed E-state index contributed by atoms with van der Waals surface area (Å²) in [5.41, 5.74) is 2.73. The Morgan fingerprint density at radius 1 is 0.667 bits per heavy atom. The molecule has 0 amide bonds. The highest BCUT2D eigenvalue weighted by atomic mass is 16.3. The minimum absolute atomic E-state index is 0.592. The van der Waals surface area contributed by atoms with E-state index in [9.17, 15) is 0 Å². The molecule has 0 saturated carbocycles. The molecule has 4 aromatic rings. The van der Waals surface area contributed by atoms with Gasteiger partial charge in [0.15, 0.2) is 0 Å². The minimum atomic E-state index is 0.592. The number of rotatable bonds is 3. The largest absolute Gasteiger partial charge is 0.461 e. The molecule has 0 N–H and O–H groups in total. The normalized spacial score (nSPS) is 10.8. The molecule has 0 bridgehead atoms. The van der Waals surface area contributed by atoms with E-state index in [-0.39, 0.29) is 0 Å². The lowest BCUT2D eigenvalue weighted by atomic mass is 10.1. The van der Waals surface area contributed by atoms with E-state index in [1.165, 1.54) is 0 Å². The summed E-state index contributed by atoms with van der Waals surface area (Å²) < 4.78 is 11.6. The highest BCUT2D eigenvalue weighted by Crippen LogP contribution is 2.24. The second kappa shape index (κ2) is 5.61. The average Bonchev–Trinajstić information content (AvgIpc) is 3.21. The van der Waals surface area contributed by atoms with Crippen LogP contribution in [-0.4, -0.2) is 0 Å². The molecular formula is C20H12N2O2. The molecule has 0 fully saturated rings. The fraction of sp³-hybridized carbons (Fsp3) is 0.100. The Labute approximate surface area is 138 Å². The number of hydrogen-bond donors (Lipinski definition) is 0. The molecular weight excluding hydrogens is 300 g/mol. The Bertz CT molecular complexity index is 1040. The zero-order chi connectivity index (χ0) is 16.5. The van der Waals surface area contributed by atoms with Crippen molar-refractivity contribution in [2.45, 2.75) is 12.8 Å². The molecule has 24 heavy (non-hydrogen) atoms. The third-order valence-electron chi connectivity index (χ3n) is 4.01. The Balaban J connectivity index is 1.56. The van der Waals surface area contributed by atoms with Gasteiger partial charge in [-0.1, -0.05) is 0 Å². The van der Waals surface area contributed by atoms with E-state index < -0.39 is 0 Å². The number of hydrogen-bond acceptors (Lipinski definition) is 4. The maximum absolute atomic E-state index is 8.95. The number of aryl methyl sites for hydroxylation is 2. The average molecular weight is 312 g/mol. The summed E-state index contributed by atoms with van der Waals surface area (Å²) in [5, 5.41) is 19.8. The molecule has 0 aliphatic rings. The van der Waals surface area contributed by atoms with Gasteiger partial charge in [-0.15, -0.1) is 0 Å². The van der Waals surface area contributed by atoms with Gasteiger partial charge in [-0.05, 0) is 48.5 Å². The van der Waals surface area contributed by atoms with Crippen LogP contribution in [0.3, 0.4) is 0 Å². The van der Waals surface area contributed by atoms with Gasteiger partial charge in [0.1, 0.15) is 22.7 Å². The van der Waals surface area contributed by atoms with E-state index >= 15 is 0 Å². The van der Waals surface area contributed by atoms with Crippen LogP contribution in [0.2, 0.25) is 0 Å². The summed E-state index contributed by atoms with van der Waals surface area (Å²) in [4.78, 5) is 0. The molecule has 0 saturated heterocycles. The van der Waals surface area contributed by atoms with Gasteiger partial charge in [0.2, 0.25) is 0 Å². The second-order valence-corrected chi connectivity index (χ2v) is 5.65. The Morgan fingerprint density at radius 3 is 2.04 bits per heavy atom. The van der Waals surface area contributed by atoms with Gasteiger partial charge >= 0.3 is 0 Å². The van der Waals surface area contributed by atoms with Gasteiger partial charge in [0.05, 0.1) is 23.3 Å². The quantitative estimate of drug-likeness (QED) is 0.549. The van der Waals surface area contributed by atoms with Crippen LogP contribution in [0, 0.1) is 22.7 Å². The molecule has 2 heterocycles. The smallest absolute Gasteiger partial charge is 0.135 e. The summed E-state index contributed by atoms with van der Waals surface area (Å²) in [6.45, 7) is 0. The zero-order valence-corrected chi connectivity index (χ0v) is 12.7. The molecule has 4 rings (SSSR count). The van der Waals surface area contributed by atoms with Crippen molar-refractivity contribution in [1.82, 2.24) is 0 Å². The second-order valence-electron chi connectivity index (χ2n) is 5.65. The van der Waals surface area contributed by atoms with Crippen molar-refractivity contribution >= 4 is 21.9 Å². The first-order valence-electron chi connectivity index (χ1n) is 7.60. The number of nitrogens with zero attached hydrogens (tertiary/aromatic N) is 2. The van der Waals surface area contributed by atoms with Crippen LogP contribution in [0.25, 0.3) is 21.9 Å². The fourth-order valence-corrected chi connectivity index (χ4v) is 2.82. The van der Waals surface area contributed by atoms with Crippen molar-refractivity contribution < 1.29 is 8.83 Å². The highest BCUT2D eigenvalue weighted by molar-refractivity contribution is 5.80. The third-order valence-corrected chi connectivity index (χ3v) is 4.01. The number of nitriles is 2. The highest BCUT2D eigenvalue weighted by Gasteiger charge is 2.08. The molecule has 2 aromatic carbocycles. The van der Waals surface area contributed by atoms with Gasteiger partial charge < -0.3 is 8.83 Å². The Hall–Kier alpha value is -3.50. The summed E-state index contributed by atoms with van der Waals surface area (Å²) in [5.74, 6) is 1.72. The molecule has 4 heteroatoms. The number of furan rings is 2. The van der Waals surface area contributed by atoms with Crippen LogP contribution >= 0.6 is 0 Å². The number of benzene rings is 2. The maximum atomic E-state index is 8.95. The zero-order valence-electron chi connectivity index (χ0n) is 12.7. The standard InChI is InChI=1S/C20H12N2O2/c21-11-13-2-6-19-16(7-13)10-18(23-19)5-4-17-9-15-3-1-14(12-22)8-20(15)24-17/h1-3,6-10H,4-5H2. The van der Waals surface area contributed by atoms with Crippen molar-refractivity contribution in [3.8, 4) is 12.1 Å². The molecule has 114 valence electrons. The SMILES string of the molecule is N#Cc1ccc2oc(CCc3cc4ccc(C#N)cc4o3)cc2c1. The van der Waals surface area contributed by atoms with Gasteiger partial charge in [0.25, 0.3) is 0 Å². The van der Waals surface area contributed by atoms with E-state index in [2.05, 4.69) is 12.1 Å². The van der Waals surface area contributed by atoms with Gasteiger partial charge in [-0.2, -0.15) is 10.5 Å². The molecule has 0 aliphatic heterocycles. The molecule has 0 radical (unpaired) electrons. The summed E-state index contributed by atoms with van der Waals surface area (Å²) in [7, 11) is 0. The van der Waals surface area contributed by atoms with E-state index in [4.69, 9.17) is 19.4 Å².